The maximum absolute atomic E-state index is 13.2. The maximum atomic E-state index is 13.2. The lowest BCUT2D eigenvalue weighted by Gasteiger charge is -2.33. The molecule has 1 aromatic carbocycles. The first-order valence-electron chi connectivity index (χ1n) is 10.5. The number of carbonyl (C=O) groups excluding carboxylic acids is 1. The van der Waals surface area contributed by atoms with Crippen LogP contribution in [0.5, 0.6) is 0 Å². The number of pyridine rings is 1. The minimum absolute atomic E-state index is 0.0846. The minimum Gasteiger partial charge on any atom is -0.368 e. The molecular formula is C23H24N6O2S. The van der Waals surface area contributed by atoms with Crippen molar-refractivity contribution in [3.63, 3.8) is 0 Å². The monoisotopic (exact) mass is 448 g/mol. The van der Waals surface area contributed by atoms with Gasteiger partial charge in [0.25, 0.3) is 0 Å². The molecule has 1 aliphatic rings. The molecule has 0 radical (unpaired) electrons. The summed E-state index contributed by atoms with van der Waals surface area (Å²) in [6.07, 6.45) is -0.270. The van der Waals surface area contributed by atoms with Crippen LogP contribution in [0.15, 0.2) is 48.5 Å². The Morgan fingerprint density at radius 1 is 1.19 bits per heavy atom. The van der Waals surface area contributed by atoms with Crippen LogP contribution >= 0.6 is 11.3 Å². The van der Waals surface area contributed by atoms with Crippen molar-refractivity contribution >= 4 is 39.1 Å². The molecule has 1 saturated heterocycles. The molecule has 32 heavy (non-hydrogen) atoms. The highest BCUT2D eigenvalue weighted by Crippen LogP contribution is 2.25. The largest absolute Gasteiger partial charge is 0.368 e. The zero-order valence-electron chi connectivity index (χ0n) is 18.0. The van der Waals surface area contributed by atoms with E-state index in [1.165, 1.54) is 11.3 Å². The molecular weight excluding hydrogens is 424 g/mol. The number of nitrogens with zero attached hydrogens (tertiary/aromatic N) is 5. The van der Waals surface area contributed by atoms with Crippen LogP contribution in [-0.4, -0.2) is 50.3 Å². The molecule has 0 aliphatic carbocycles. The SMILES string of the molecule is Cc1nnc(Nc2cccc([C@@H]3CN(C(=O)Cn4c(C)cc5ccccc54)CCO3)n2)s1. The van der Waals surface area contributed by atoms with Gasteiger partial charge in [-0.15, -0.1) is 10.2 Å². The molecule has 1 atom stereocenters. The van der Waals surface area contributed by atoms with Gasteiger partial charge in [-0.1, -0.05) is 35.6 Å². The van der Waals surface area contributed by atoms with E-state index in [0.29, 0.717) is 37.2 Å². The number of ether oxygens (including phenoxy) is 1. The molecule has 0 saturated carbocycles. The standard InChI is InChI=1S/C23H24N6O2S/c1-15-12-17-6-3-4-8-19(17)29(15)14-22(30)28-10-11-31-20(13-28)18-7-5-9-21(24-18)25-23-27-26-16(2)32-23/h3-9,12,20H,10-11,13-14H2,1-2H3,(H,24,25,27)/t20-/m0/s1. The third-order valence-corrected chi connectivity index (χ3v) is 6.35. The van der Waals surface area contributed by atoms with Crippen LogP contribution < -0.4 is 5.32 Å². The average molecular weight is 449 g/mol. The Bertz CT molecular complexity index is 1270. The first-order chi connectivity index (χ1) is 15.6. The van der Waals surface area contributed by atoms with Gasteiger partial charge in [-0.2, -0.15) is 0 Å². The lowest BCUT2D eigenvalue weighted by atomic mass is 10.2. The fourth-order valence-electron chi connectivity index (χ4n) is 4.01. The zero-order chi connectivity index (χ0) is 22.1. The van der Waals surface area contributed by atoms with Gasteiger partial charge < -0.3 is 19.5 Å². The van der Waals surface area contributed by atoms with Crippen LogP contribution in [-0.2, 0) is 16.1 Å². The topological polar surface area (TPSA) is 85.2 Å². The van der Waals surface area contributed by atoms with Gasteiger partial charge in [0.2, 0.25) is 11.0 Å². The lowest BCUT2D eigenvalue weighted by molar-refractivity contribution is -0.139. The van der Waals surface area contributed by atoms with Crippen molar-refractivity contribution in [2.24, 2.45) is 0 Å². The number of rotatable bonds is 5. The van der Waals surface area contributed by atoms with E-state index in [0.717, 1.165) is 27.3 Å². The summed E-state index contributed by atoms with van der Waals surface area (Å²) in [6, 6.07) is 16.0. The molecule has 0 bridgehead atoms. The van der Waals surface area contributed by atoms with Crippen molar-refractivity contribution in [1.82, 2.24) is 24.6 Å². The summed E-state index contributed by atoms with van der Waals surface area (Å²) >= 11 is 1.47. The van der Waals surface area contributed by atoms with Crippen LogP contribution in [0.3, 0.4) is 0 Å². The number of nitrogens with one attached hydrogen (secondary N) is 1. The van der Waals surface area contributed by atoms with E-state index in [-0.39, 0.29) is 12.0 Å². The summed E-state index contributed by atoms with van der Waals surface area (Å²) in [7, 11) is 0. The number of anilines is 2. The number of hydrogen-bond acceptors (Lipinski definition) is 7. The highest BCUT2D eigenvalue weighted by atomic mass is 32.1. The van der Waals surface area contributed by atoms with Crippen molar-refractivity contribution < 1.29 is 9.53 Å². The van der Waals surface area contributed by atoms with Crippen LogP contribution in [0.25, 0.3) is 10.9 Å². The van der Waals surface area contributed by atoms with E-state index < -0.39 is 0 Å². The van der Waals surface area contributed by atoms with Gasteiger partial charge in [-0.3, -0.25) is 4.79 Å². The summed E-state index contributed by atoms with van der Waals surface area (Å²) in [5.74, 6) is 0.765. The van der Waals surface area contributed by atoms with Crippen molar-refractivity contribution in [2.45, 2.75) is 26.5 Å². The van der Waals surface area contributed by atoms with Crippen LogP contribution in [0.2, 0.25) is 0 Å². The number of aryl methyl sites for hydroxylation is 2. The molecule has 5 rings (SSSR count). The Morgan fingerprint density at radius 3 is 2.91 bits per heavy atom. The van der Waals surface area contributed by atoms with Crippen LogP contribution in [0.4, 0.5) is 10.9 Å². The second-order valence-electron chi connectivity index (χ2n) is 7.83. The quantitative estimate of drug-likeness (QED) is 0.499. The zero-order valence-corrected chi connectivity index (χ0v) is 18.8. The number of aromatic nitrogens is 4. The van der Waals surface area contributed by atoms with Gasteiger partial charge >= 0.3 is 0 Å². The summed E-state index contributed by atoms with van der Waals surface area (Å²) in [5.41, 5.74) is 2.95. The van der Waals surface area contributed by atoms with Gasteiger partial charge in [-0.25, -0.2) is 4.98 Å². The van der Waals surface area contributed by atoms with Crippen molar-refractivity contribution in [2.75, 3.05) is 25.0 Å². The first kappa shape index (κ1) is 20.6. The maximum Gasteiger partial charge on any atom is 0.242 e. The molecule has 3 aromatic heterocycles. The molecule has 4 heterocycles. The number of amides is 1. The summed E-state index contributed by atoms with van der Waals surface area (Å²) in [6.45, 7) is 5.80. The Hall–Kier alpha value is -3.30. The molecule has 164 valence electrons. The normalized spacial score (nSPS) is 16.4. The minimum atomic E-state index is -0.270. The second-order valence-corrected chi connectivity index (χ2v) is 9.01. The molecule has 0 spiro atoms. The molecule has 9 heteroatoms. The second kappa shape index (κ2) is 8.68. The van der Waals surface area contributed by atoms with E-state index >= 15 is 0 Å². The van der Waals surface area contributed by atoms with Crippen molar-refractivity contribution in [3.8, 4) is 0 Å². The van der Waals surface area contributed by atoms with Gasteiger partial charge in [0.05, 0.1) is 18.8 Å². The Labute approximate surface area is 189 Å². The first-order valence-corrected chi connectivity index (χ1v) is 11.4. The third-order valence-electron chi connectivity index (χ3n) is 5.59. The fourth-order valence-corrected chi connectivity index (χ4v) is 4.60. The number of benzene rings is 1. The number of carbonyl (C=O) groups is 1. The van der Waals surface area contributed by atoms with Crippen LogP contribution in [0.1, 0.15) is 22.5 Å². The lowest BCUT2D eigenvalue weighted by Crippen LogP contribution is -2.43. The average Bonchev–Trinajstić information content (AvgIpc) is 3.36. The number of fused-ring (bicyclic) bond motifs is 1. The highest BCUT2D eigenvalue weighted by Gasteiger charge is 2.27. The fraction of sp³-hybridized carbons (Fsp3) is 0.304. The molecule has 1 amide bonds. The summed E-state index contributed by atoms with van der Waals surface area (Å²) < 4.78 is 8.04. The van der Waals surface area contributed by atoms with E-state index in [1.54, 1.807) is 0 Å². The van der Waals surface area contributed by atoms with E-state index in [4.69, 9.17) is 4.74 Å². The molecule has 4 aromatic rings. The molecule has 0 unspecified atom stereocenters. The predicted octanol–water partition coefficient (Wildman–Crippen LogP) is 3.85. The van der Waals surface area contributed by atoms with E-state index in [9.17, 15) is 4.79 Å². The van der Waals surface area contributed by atoms with Crippen LogP contribution in [0, 0.1) is 13.8 Å². The summed E-state index contributed by atoms with van der Waals surface area (Å²) in [5, 5.41) is 14.0. The van der Waals surface area contributed by atoms with Gasteiger partial charge in [0, 0.05) is 17.8 Å². The number of hydrogen-bond donors (Lipinski definition) is 1. The van der Waals surface area contributed by atoms with Gasteiger partial charge in [0.1, 0.15) is 23.5 Å². The highest BCUT2D eigenvalue weighted by molar-refractivity contribution is 7.15. The smallest absolute Gasteiger partial charge is 0.242 e. The third kappa shape index (κ3) is 4.21. The van der Waals surface area contributed by atoms with Crippen molar-refractivity contribution in [1.29, 1.82) is 0 Å². The molecule has 1 N–H and O–H groups in total. The number of morpholine rings is 1. The van der Waals surface area contributed by atoms with Gasteiger partial charge in [0.15, 0.2) is 0 Å². The van der Waals surface area contributed by atoms with Crippen molar-refractivity contribution in [3.05, 3.63) is 64.9 Å². The van der Waals surface area contributed by atoms with E-state index in [2.05, 4.69) is 43.3 Å². The van der Waals surface area contributed by atoms with E-state index in [1.807, 2.05) is 49.1 Å². The van der Waals surface area contributed by atoms with Gasteiger partial charge in [-0.05, 0) is 43.5 Å². The molecule has 1 aliphatic heterocycles. The number of para-hydroxylation sites is 1. The summed E-state index contributed by atoms with van der Waals surface area (Å²) in [4.78, 5) is 19.7. The Kier molecular flexibility index (Phi) is 5.59. The molecule has 8 nitrogen and oxygen atoms in total. The Morgan fingerprint density at radius 2 is 2.06 bits per heavy atom. The molecule has 1 fully saturated rings. The Balaban J connectivity index is 1.29. The predicted molar refractivity (Wildman–Crippen MR) is 124 cm³/mol.